The summed E-state index contributed by atoms with van der Waals surface area (Å²) in [7, 11) is 0. The monoisotopic (exact) mass is 257 g/mol. The molecule has 0 radical (unpaired) electrons. The van der Waals surface area contributed by atoms with E-state index in [1.807, 2.05) is 0 Å². The first-order chi connectivity index (χ1) is 7.76. The number of pyridine rings is 1. The fourth-order valence-corrected chi connectivity index (χ4v) is 1.30. The van der Waals surface area contributed by atoms with Gasteiger partial charge < -0.3 is 9.84 Å². The van der Waals surface area contributed by atoms with E-state index in [4.69, 9.17) is 5.11 Å². The molecule has 1 N–H and O–H groups in total. The molecule has 3 nitrogen and oxygen atoms in total. The zero-order valence-corrected chi connectivity index (χ0v) is 8.55. The molecule has 0 spiro atoms. The van der Waals surface area contributed by atoms with Crippen LogP contribution in [0.5, 0.6) is 5.88 Å². The summed E-state index contributed by atoms with van der Waals surface area (Å²) >= 11 is 0. The Morgan fingerprint density at radius 2 is 2.00 bits per heavy atom. The van der Waals surface area contributed by atoms with Gasteiger partial charge in [0.25, 0.3) is 6.43 Å². The molecule has 8 heteroatoms. The second kappa shape index (κ2) is 4.82. The highest BCUT2D eigenvalue weighted by molar-refractivity contribution is 5.39. The molecule has 0 aliphatic carbocycles. The highest BCUT2D eigenvalue weighted by Crippen LogP contribution is 2.33. The van der Waals surface area contributed by atoms with Crippen molar-refractivity contribution in [2.24, 2.45) is 0 Å². The maximum absolute atomic E-state index is 12.6. The number of ether oxygens (including phenoxy) is 1. The van der Waals surface area contributed by atoms with Crippen LogP contribution < -0.4 is 4.74 Å². The van der Waals surface area contributed by atoms with Crippen molar-refractivity contribution in [3.05, 3.63) is 22.9 Å². The maximum Gasteiger partial charge on any atom is 0.574 e. The van der Waals surface area contributed by atoms with Crippen molar-refractivity contribution in [3.63, 3.8) is 0 Å². The molecule has 0 amide bonds. The fourth-order valence-electron chi connectivity index (χ4n) is 1.30. The molecule has 17 heavy (non-hydrogen) atoms. The largest absolute Gasteiger partial charge is 0.574 e. The number of aliphatic hydroxyl groups excluding tert-OH is 1. The van der Waals surface area contributed by atoms with Crippen molar-refractivity contribution in [1.82, 2.24) is 4.98 Å². The number of aliphatic hydroxyl groups is 1. The van der Waals surface area contributed by atoms with Gasteiger partial charge in [0.05, 0.1) is 6.61 Å². The van der Waals surface area contributed by atoms with E-state index < -0.39 is 36.4 Å². The van der Waals surface area contributed by atoms with Gasteiger partial charge in [-0.25, -0.2) is 13.8 Å². The van der Waals surface area contributed by atoms with E-state index >= 15 is 0 Å². The standard InChI is InChI=1S/C9H8F5NO2/c1-4-6(7(10)11)5(3-16)2-15-8(4)17-9(12,13)14/h2,7,16H,3H2,1H3. The molecule has 96 valence electrons. The summed E-state index contributed by atoms with van der Waals surface area (Å²) in [5, 5.41) is 8.78. The van der Waals surface area contributed by atoms with Crippen LogP contribution in [0.1, 0.15) is 23.1 Å². The van der Waals surface area contributed by atoms with E-state index in [1.165, 1.54) is 0 Å². The summed E-state index contributed by atoms with van der Waals surface area (Å²) in [5.41, 5.74) is -1.36. The summed E-state index contributed by atoms with van der Waals surface area (Å²) in [5.74, 6) is -0.940. The highest BCUT2D eigenvalue weighted by atomic mass is 19.4. The van der Waals surface area contributed by atoms with Crippen molar-refractivity contribution in [2.45, 2.75) is 26.3 Å². The Morgan fingerprint density at radius 1 is 1.41 bits per heavy atom. The molecule has 0 bridgehead atoms. The lowest BCUT2D eigenvalue weighted by molar-refractivity contribution is -0.276. The van der Waals surface area contributed by atoms with Crippen LogP contribution in [0.3, 0.4) is 0 Å². The topological polar surface area (TPSA) is 42.4 Å². The van der Waals surface area contributed by atoms with E-state index in [0.29, 0.717) is 0 Å². The van der Waals surface area contributed by atoms with Crippen molar-refractivity contribution in [2.75, 3.05) is 0 Å². The molecule has 1 aromatic heterocycles. The van der Waals surface area contributed by atoms with Gasteiger partial charge in [-0.3, -0.25) is 0 Å². The van der Waals surface area contributed by atoms with Crippen LogP contribution in [-0.4, -0.2) is 16.5 Å². The summed E-state index contributed by atoms with van der Waals surface area (Å²) < 4.78 is 64.5. The summed E-state index contributed by atoms with van der Waals surface area (Å²) in [6.07, 6.45) is -7.29. The zero-order chi connectivity index (χ0) is 13.2. The van der Waals surface area contributed by atoms with Crippen molar-refractivity contribution in [1.29, 1.82) is 0 Å². The van der Waals surface area contributed by atoms with Crippen LogP contribution in [-0.2, 0) is 6.61 Å². The quantitative estimate of drug-likeness (QED) is 0.846. The molecular weight excluding hydrogens is 249 g/mol. The van der Waals surface area contributed by atoms with Crippen LogP contribution in [0.15, 0.2) is 6.20 Å². The van der Waals surface area contributed by atoms with E-state index in [2.05, 4.69) is 9.72 Å². The summed E-state index contributed by atoms with van der Waals surface area (Å²) in [4.78, 5) is 3.24. The second-order valence-electron chi connectivity index (χ2n) is 3.13. The van der Waals surface area contributed by atoms with Gasteiger partial charge in [0.1, 0.15) is 0 Å². The van der Waals surface area contributed by atoms with Crippen LogP contribution >= 0.6 is 0 Å². The van der Waals surface area contributed by atoms with Gasteiger partial charge in [-0.05, 0) is 6.92 Å². The van der Waals surface area contributed by atoms with E-state index in [9.17, 15) is 22.0 Å². The number of aromatic nitrogens is 1. The van der Waals surface area contributed by atoms with Crippen molar-refractivity contribution in [3.8, 4) is 5.88 Å². The average Bonchev–Trinajstić information content (AvgIpc) is 2.18. The first-order valence-electron chi connectivity index (χ1n) is 4.39. The Bertz CT molecular complexity index is 405. The molecule has 0 aromatic carbocycles. The van der Waals surface area contributed by atoms with Gasteiger partial charge in [0.15, 0.2) is 0 Å². The third-order valence-electron chi connectivity index (χ3n) is 2.01. The van der Waals surface area contributed by atoms with Crippen LogP contribution in [0, 0.1) is 6.92 Å². The molecule has 1 heterocycles. The molecule has 1 rings (SSSR count). The number of hydrogen-bond acceptors (Lipinski definition) is 3. The third kappa shape index (κ3) is 3.26. The summed E-state index contributed by atoms with van der Waals surface area (Å²) in [6, 6.07) is 0. The number of nitrogens with zero attached hydrogens (tertiary/aromatic N) is 1. The van der Waals surface area contributed by atoms with E-state index in [0.717, 1.165) is 13.1 Å². The second-order valence-corrected chi connectivity index (χ2v) is 3.13. The Morgan fingerprint density at radius 3 is 2.41 bits per heavy atom. The number of rotatable bonds is 3. The lowest BCUT2D eigenvalue weighted by Crippen LogP contribution is -2.19. The predicted molar refractivity (Wildman–Crippen MR) is 46.5 cm³/mol. The minimum Gasteiger partial charge on any atom is -0.392 e. The molecule has 0 unspecified atom stereocenters. The predicted octanol–water partition coefficient (Wildman–Crippen LogP) is 2.72. The molecule has 0 saturated heterocycles. The van der Waals surface area contributed by atoms with Gasteiger partial charge in [0.2, 0.25) is 5.88 Å². The molecular formula is C9H8F5NO2. The number of alkyl halides is 5. The molecule has 0 saturated carbocycles. The molecule has 0 atom stereocenters. The third-order valence-corrected chi connectivity index (χ3v) is 2.01. The Labute approximate surface area is 92.8 Å². The lowest BCUT2D eigenvalue weighted by Gasteiger charge is -2.15. The smallest absolute Gasteiger partial charge is 0.392 e. The van der Waals surface area contributed by atoms with Crippen LogP contribution in [0.25, 0.3) is 0 Å². The lowest BCUT2D eigenvalue weighted by atomic mass is 10.1. The molecule has 0 aliphatic heterocycles. The van der Waals surface area contributed by atoms with Crippen LogP contribution in [0.4, 0.5) is 22.0 Å². The van der Waals surface area contributed by atoms with Gasteiger partial charge in [-0.15, -0.1) is 13.2 Å². The Hall–Kier alpha value is -1.44. The maximum atomic E-state index is 12.6. The molecule has 0 fully saturated rings. The van der Waals surface area contributed by atoms with Crippen molar-refractivity contribution >= 4 is 0 Å². The van der Waals surface area contributed by atoms with Gasteiger partial charge in [-0.1, -0.05) is 0 Å². The molecule has 1 aromatic rings. The minimum absolute atomic E-state index is 0.230. The first kappa shape index (κ1) is 13.6. The van der Waals surface area contributed by atoms with E-state index in [-0.39, 0.29) is 5.56 Å². The Balaban J connectivity index is 3.23. The average molecular weight is 257 g/mol. The van der Waals surface area contributed by atoms with E-state index in [1.54, 1.807) is 0 Å². The minimum atomic E-state index is -5.00. The summed E-state index contributed by atoms with van der Waals surface area (Å²) in [6.45, 7) is 0.286. The SMILES string of the molecule is Cc1c(OC(F)(F)F)ncc(CO)c1C(F)F. The normalized spacial score (nSPS) is 12.0. The zero-order valence-electron chi connectivity index (χ0n) is 8.55. The number of hydrogen-bond donors (Lipinski definition) is 1. The van der Waals surface area contributed by atoms with Gasteiger partial charge in [-0.2, -0.15) is 0 Å². The van der Waals surface area contributed by atoms with Crippen molar-refractivity contribution < 1.29 is 31.8 Å². The number of halogens is 5. The fraction of sp³-hybridized carbons (Fsp3) is 0.444. The Kier molecular flexibility index (Phi) is 3.87. The van der Waals surface area contributed by atoms with Gasteiger partial charge >= 0.3 is 6.36 Å². The first-order valence-corrected chi connectivity index (χ1v) is 4.39. The van der Waals surface area contributed by atoms with Gasteiger partial charge in [0, 0.05) is 22.9 Å². The van der Waals surface area contributed by atoms with Crippen LogP contribution in [0.2, 0.25) is 0 Å². The molecule has 0 aliphatic rings. The highest BCUT2D eigenvalue weighted by Gasteiger charge is 2.33.